The van der Waals surface area contributed by atoms with Crippen molar-refractivity contribution in [2.24, 2.45) is 5.92 Å². The molecule has 3 aromatic rings. The molecule has 0 amide bonds. The molecule has 2 N–H and O–H groups in total. The van der Waals surface area contributed by atoms with Gasteiger partial charge >= 0.3 is 0 Å². The van der Waals surface area contributed by atoms with Crippen LogP contribution in [0.4, 0.5) is 5.82 Å². The van der Waals surface area contributed by atoms with Gasteiger partial charge in [0.25, 0.3) is 0 Å². The second-order valence-corrected chi connectivity index (χ2v) is 5.00. The van der Waals surface area contributed by atoms with Crippen molar-refractivity contribution in [2.45, 2.75) is 20.4 Å². The number of anilines is 1. The van der Waals surface area contributed by atoms with E-state index in [1.165, 1.54) is 0 Å². The Kier molecular flexibility index (Phi) is 2.44. The fourth-order valence-corrected chi connectivity index (χ4v) is 2.34. The average Bonchev–Trinajstić information content (AvgIpc) is 2.73. The van der Waals surface area contributed by atoms with Gasteiger partial charge in [-0.15, -0.1) is 0 Å². The number of nitrogen functional groups attached to an aromatic ring is 1. The number of nitrogens with zero attached hydrogens (tertiary/aromatic N) is 3. The van der Waals surface area contributed by atoms with Gasteiger partial charge in [0.15, 0.2) is 5.82 Å². The molecule has 2 heterocycles. The summed E-state index contributed by atoms with van der Waals surface area (Å²) in [5.74, 6) is 1.07. The molecule has 1 aromatic carbocycles. The van der Waals surface area contributed by atoms with Gasteiger partial charge in [-0.05, 0) is 12.0 Å². The first kappa shape index (κ1) is 11.0. The van der Waals surface area contributed by atoms with E-state index in [1.807, 2.05) is 24.5 Å². The molecule has 0 saturated heterocycles. The van der Waals surface area contributed by atoms with Crippen LogP contribution < -0.4 is 5.73 Å². The highest BCUT2D eigenvalue weighted by Gasteiger charge is 2.12. The molecule has 0 aliphatic rings. The Hall–Kier alpha value is -2.10. The summed E-state index contributed by atoms with van der Waals surface area (Å²) in [5, 5.41) is 1.11. The Morgan fingerprint density at radius 3 is 2.83 bits per heavy atom. The molecule has 0 spiro atoms. The molecule has 2 aromatic heterocycles. The molecular formula is C14H16N4. The predicted octanol–water partition coefficient (Wildman–Crippen LogP) is 2.82. The average molecular weight is 246 g/mol. The molecule has 4 nitrogen and oxygen atoms in total. The van der Waals surface area contributed by atoms with Crippen molar-refractivity contribution in [3.8, 4) is 0 Å². The first-order chi connectivity index (χ1) is 8.66. The Morgan fingerprint density at radius 1 is 1.28 bits per heavy atom. The molecule has 0 radical (unpaired) electrons. The number of hydrogen-bond donors (Lipinski definition) is 1. The van der Waals surface area contributed by atoms with E-state index in [4.69, 9.17) is 5.73 Å². The number of fused-ring (bicyclic) bond motifs is 3. The number of pyridine rings is 1. The number of aromatic nitrogens is 3. The lowest BCUT2D eigenvalue weighted by molar-refractivity contribution is 0.533. The highest BCUT2D eigenvalue weighted by Crippen LogP contribution is 2.27. The van der Waals surface area contributed by atoms with Gasteiger partial charge in [-0.1, -0.05) is 32.0 Å². The van der Waals surface area contributed by atoms with Gasteiger partial charge in [0.1, 0.15) is 5.52 Å². The molecule has 92 valence electrons. The van der Waals surface area contributed by atoms with Gasteiger partial charge in [0, 0.05) is 11.9 Å². The topological polar surface area (TPSA) is 56.7 Å². The van der Waals surface area contributed by atoms with Crippen LogP contribution in [0.25, 0.3) is 21.9 Å². The van der Waals surface area contributed by atoms with Crippen molar-refractivity contribution >= 4 is 27.8 Å². The van der Waals surface area contributed by atoms with E-state index in [1.54, 1.807) is 0 Å². The minimum atomic E-state index is 0.506. The van der Waals surface area contributed by atoms with Gasteiger partial charge in [-0.25, -0.2) is 9.97 Å². The van der Waals surface area contributed by atoms with E-state index < -0.39 is 0 Å². The van der Waals surface area contributed by atoms with Crippen molar-refractivity contribution in [3.05, 3.63) is 30.6 Å². The van der Waals surface area contributed by atoms with Crippen LogP contribution in [-0.4, -0.2) is 14.5 Å². The second-order valence-electron chi connectivity index (χ2n) is 5.00. The van der Waals surface area contributed by atoms with Crippen LogP contribution in [0.1, 0.15) is 13.8 Å². The number of nitrogens with two attached hydrogens (primary N) is 1. The zero-order chi connectivity index (χ0) is 12.7. The summed E-state index contributed by atoms with van der Waals surface area (Å²) in [5.41, 5.74) is 8.79. The Balaban J connectivity index is 2.40. The second kappa shape index (κ2) is 3.98. The molecule has 0 atom stereocenters. The summed E-state index contributed by atoms with van der Waals surface area (Å²) in [6.07, 6.45) is 1.86. The SMILES string of the molecule is CC(C)Cn1cnc2c(N)n[13c]3[13cH][13cH][13cH][13cH][13c]3c21. The molecule has 3 rings (SSSR count). The van der Waals surface area contributed by atoms with Crippen LogP contribution in [0.2, 0.25) is 0 Å². The highest BCUT2D eigenvalue weighted by atomic mass is 15.1. The van der Waals surface area contributed by atoms with Crippen molar-refractivity contribution in [1.29, 1.82) is 0 Å². The summed E-state index contributed by atoms with van der Waals surface area (Å²) in [4.78, 5) is 8.80. The largest absolute Gasteiger partial charge is 0.382 e. The lowest BCUT2D eigenvalue weighted by Gasteiger charge is -2.09. The summed E-state index contributed by atoms with van der Waals surface area (Å²) in [7, 11) is 0. The zero-order valence-corrected chi connectivity index (χ0v) is 10.6. The maximum absolute atomic E-state index is 5.98. The van der Waals surface area contributed by atoms with E-state index in [0.29, 0.717) is 11.7 Å². The third-order valence-corrected chi connectivity index (χ3v) is 3.04. The molecule has 0 bridgehead atoms. The quantitative estimate of drug-likeness (QED) is 0.756. The zero-order valence-electron chi connectivity index (χ0n) is 10.6. The van der Waals surface area contributed by atoms with E-state index in [2.05, 4.69) is 34.4 Å². The molecule has 0 unspecified atom stereocenters. The number of rotatable bonds is 2. The lowest BCUT2D eigenvalue weighted by Crippen LogP contribution is -2.03. The van der Waals surface area contributed by atoms with Crippen LogP contribution in [0.5, 0.6) is 0 Å². The summed E-state index contributed by atoms with van der Waals surface area (Å²) < 4.78 is 2.17. The third-order valence-electron chi connectivity index (χ3n) is 3.04. The summed E-state index contributed by atoms with van der Waals surface area (Å²) >= 11 is 0. The predicted molar refractivity (Wildman–Crippen MR) is 74.3 cm³/mol. The van der Waals surface area contributed by atoms with Crippen molar-refractivity contribution in [3.63, 3.8) is 0 Å². The molecule has 4 heteroatoms. The highest BCUT2D eigenvalue weighted by molar-refractivity contribution is 6.06. The molecule has 0 aliphatic carbocycles. The van der Waals surface area contributed by atoms with E-state index >= 15 is 0 Å². The minimum Gasteiger partial charge on any atom is -0.382 e. The van der Waals surface area contributed by atoms with Crippen molar-refractivity contribution in [1.82, 2.24) is 14.5 Å². The van der Waals surface area contributed by atoms with E-state index in [9.17, 15) is 0 Å². The van der Waals surface area contributed by atoms with Crippen LogP contribution in [0, 0.1) is 5.92 Å². The third kappa shape index (κ3) is 1.61. The van der Waals surface area contributed by atoms with Gasteiger partial charge in [0.2, 0.25) is 0 Å². The fourth-order valence-electron chi connectivity index (χ4n) is 2.34. The smallest absolute Gasteiger partial charge is 0.152 e. The van der Waals surface area contributed by atoms with Crippen molar-refractivity contribution in [2.75, 3.05) is 5.73 Å². The molecule has 18 heavy (non-hydrogen) atoms. The maximum Gasteiger partial charge on any atom is 0.152 e. The summed E-state index contributed by atoms with van der Waals surface area (Å²) in [6, 6.07) is 8.05. The Bertz CT molecular complexity index is 712. The van der Waals surface area contributed by atoms with Crippen molar-refractivity contribution < 1.29 is 0 Å². The number of imidazole rings is 1. The molecule has 0 fully saturated rings. The standard InChI is InChI=1S/C14H16N4/c1-9(2)7-18-8-16-12-13(18)10-5-3-4-6-11(10)17-14(12)15/h3-6,8-9H,7H2,1-2H3,(H2,15,17)/i3+1,4+1,5+1,6+1,10+1,11+1. The first-order valence-corrected chi connectivity index (χ1v) is 6.16. The van der Waals surface area contributed by atoms with Gasteiger partial charge in [-0.2, -0.15) is 0 Å². The Morgan fingerprint density at radius 2 is 2.06 bits per heavy atom. The molecule has 0 aliphatic heterocycles. The lowest BCUT2D eigenvalue weighted by atomic mass is 10.2. The molecular weight excluding hydrogens is 230 g/mol. The monoisotopic (exact) mass is 246 g/mol. The van der Waals surface area contributed by atoms with Gasteiger partial charge in [0.05, 0.1) is 17.4 Å². The van der Waals surface area contributed by atoms with Crippen LogP contribution in [0.3, 0.4) is 0 Å². The van der Waals surface area contributed by atoms with E-state index in [0.717, 1.165) is 28.5 Å². The number of benzene rings is 1. The number of hydrogen-bond acceptors (Lipinski definition) is 3. The molecule has 0 saturated carbocycles. The van der Waals surface area contributed by atoms with Gasteiger partial charge in [-0.3, -0.25) is 0 Å². The maximum atomic E-state index is 5.98. The minimum absolute atomic E-state index is 0.506. The summed E-state index contributed by atoms with van der Waals surface area (Å²) in [6.45, 7) is 5.32. The fraction of sp³-hybridized carbons (Fsp3) is 0.286. The number of para-hydroxylation sites is 1. The Labute approximate surface area is 105 Å². The van der Waals surface area contributed by atoms with Gasteiger partial charge < -0.3 is 10.3 Å². The van der Waals surface area contributed by atoms with Crippen LogP contribution in [-0.2, 0) is 6.54 Å². The van der Waals surface area contributed by atoms with Crippen LogP contribution >= 0.6 is 0 Å². The first-order valence-electron chi connectivity index (χ1n) is 6.16. The normalized spacial score (nSPS) is 11.7. The van der Waals surface area contributed by atoms with E-state index in [-0.39, 0.29) is 0 Å². The van der Waals surface area contributed by atoms with Crippen LogP contribution in [0.15, 0.2) is 30.6 Å².